The van der Waals surface area contributed by atoms with E-state index in [2.05, 4.69) is 45.1 Å². The molecule has 0 spiro atoms. The standard InChI is InChI=1S/C54H100O6/c1-4-7-10-13-16-19-22-25-26-27-28-30-33-36-39-42-45-48-54(57)60-51(49-58-52(55)46-43-40-37-34-31-24-21-18-15-12-9-6-3)50-59-53(56)47-44-41-38-35-32-29-23-20-17-14-11-8-5-2/h20,23,25-26,51H,4-19,21-22,24,27-50H2,1-3H3/b23-20-,26-25-/t51-/m0/s1. The van der Waals surface area contributed by atoms with Gasteiger partial charge in [-0.15, -0.1) is 0 Å². The average Bonchev–Trinajstić information content (AvgIpc) is 3.24. The molecule has 0 bridgehead atoms. The third-order valence-electron chi connectivity index (χ3n) is 11.7. The molecule has 0 unspecified atom stereocenters. The van der Waals surface area contributed by atoms with Crippen molar-refractivity contribution in [3.8, 4) is 0 Å². The van der Waals surface area contributed by atoms with E-state index in [4.69, 9.17) is 14.2 Å². The summed E-state index contributed by atoms with van der Waals surface area (Å²) in [6.07, 6.45) is 55.8. The van der Waals surface area contributed by atoms with Gasteiger partial charge in [0.25, 0.3) is 0 Å². The Morgan fingerprint density at radius 1 is 0.317 bits per heavy atom. The zero-order valence-electron chi connectivity index (χ0n) is 40.2. The van der Waals surface area contributed by atoms with Crippen LogP contribution in [0.4, 0.5) is 0 Å². The molecule has 0 fully saturated rings. The zero-order chi connectivity index (χ0) is 43.7. The van der Waals surface area contributed by atoms with Gasteiger partial charge in [0.05, 0.1) is 0 Å². The Bertz CT molecular complexity index is 973. The summed E-state index contributed by atoms with van der Waals surface area (Å²) in [4.78, 5) is 37.9. The van der Waals surface area contributed by atoms with Crippen LogP contribution >= 0.6 is 0 Å². The summed E-state index contributed by atoms with van der Waals surface area (Å²) in [5.41, 5.74) is 0. The number of unbranched alkanes of at least 4 members (excludes halogenated alkanes) is 33. The first-order chi connectivity index (χ1) is 29.5. The van der Waals surface area contributed by atoms with Gasteiger partial charge in [-0.2, -0.15) is 0 Å². The predicted molar refractivity (Wildman–Crippen MR) is 256 cm³/mol. The molecule has 0 aliphatic rings. The highest BCUT2D eigenvalue weighted by molar-refractivity contribution is 5.71. The van der Waals surface area contributed by atoms with Crippen molar-refractivity contribution < 1.29 is 28.6 Å². The number of hydrogen-bond donors (Lipinski definition) is 0. The monoisotopic (exact) mass is 845 g/mol. The molecule has 0 saturated carbocycles. The second-order valence-corrected chi connectivity index (χ2v) is 17.8. The lowest BCUT2D eigenvalue weighted by molar-refractivity contribution is -0.167. The SMILES string of the molecule is CCCCCC/C=C\CCCCCCCC(=O)OC[C@H](COC(=O)CCCCCCCCCCCCCC)OC(=O)CCCCCCCCC/C=C\CCCCCCCC. The number of rotatable bonds is 48. The quantitative estimate of drug-likeness (QED) is 0.0263. The van der Waals surface area contributed by atoms with Crippen LogP contribution in [-0.2, 0) is 28.6 Å². The fraction of sp³-hybridized carbons (Fsp3) is 0.870. The van der Waals surface area contributed by atoms with Gasteiger partial charge < -0.3 is 14.2 Å². The van der Waals surface area contributed by atoms with Gasteiger partial charge in [-0.25, -0.2) is 0 Å². The molecule has 6 heteroatoms. The second-order valence-electron chi connectivity index (χ2n) is 17.8. The molecule has 0 aliphatic carbocycles. The molecule has 60 heavy (non-hydrogen) atoms. The minimum absolute atomic E-state index is 0.0719. The van der Waals surface area contributed by atoms with Crippen molar-refractivity contribution in [3.63, 3.8) is 0 Å². The maximum absolute atomic E-state index is 12.8. The van der Waals surface area contributed by atoms with Crippen LogP contribution in [0.3, 0.4) is 0 Å². The third kappa shape index (κ3) is 46.9. The Balaban J connectivity index is 4.35. The van der Waals surface area contributed by atoms with Crippen LogP contribution in [-0.4, -0.2) is 37.2 Å². The molecule has 352 valence electrons. The van der Waals surface area contributed by atoms with Crippen molar-refractivity contribution in [1.82, 2.24) is 0 Å². The molecule has 0 heterocycles. The molecular weight excluding hydrogens is 745 g/mol. The highest BCUT2D eigenvalue weighted by Gasteiger charge is 2.19. The fourth-order valence-corrected chi connectivity index (χ4v) is 7.67. The molecule has 0 N–H and O–H groups in total. The van der Waals surface area contributed by atoms with E-state index < -0.39 is 6.10 Å². The van der Waals surface area contributed by atoms with E-state index in [1.54, 1.807) is 0 Å². The van der Waals surface area contributed by atoms with Gasteiger partial charge in [0.1, 0.15) is 13.2 Å². The van der Waals surface area contributed by atoms with E-state index in [9.17, 15) is 14.4 Å². The molecule has 0 saturated heterocycles. The highest BCUT2D eigenvalue weighted by atomic mass is 16.6. The van der Waals surface area contributed by atoms with E-state index >= 15 is 0 Å². The van der Waals surface area contributed by atoms with E-state index in [0.717, 1.165) is 64.2 Å². The van der Waals surface area contributed by atoms with Crippen molar-refractivity contribution in [2.75, 3.05) is 13.2 Å². The molecule has 0 aromatic heterocycles. The molecule has 0 amide bonds. The Labute approximate surface area is 373 Å². The van der Waals surface area contributed by atoms with Crippen molar-refractivity contribution >= 4 is 17.9 Å². The molecule has 1 atom stereocenters. The topological polar surface area (TPSA) is 78.9 Å². The maximum atomic E-state index is 12.8. The largest absolute Gasteiger partial charge is 0.462 e. The first-order valence-electron chi connectivity index (χ1n) is 26.3. The number of ether oxygens (including phenoxy) is 3. The minimum Gasteiger partial charge on any atom is -0.462 e. The van der Waals surface area contributed by atoms with Crippen LogP contribution in [0.5, 0.6) is 0 Å². The molecule has 6 nitrogen and oxygen atoms in total. The lowest BCUT2D eigenvalue weighted by atomic mass is 10.0. The van der Waals surface area contributed by atoms with Crippen LogP contribution in [0, 0.1) is 0 Å². The van der Waals surface area contributed by atoms with Crippen molar-refractivity contribution in [1.29, 1.82) is 0 Å². The summed E-state index contributed by atoms with van der Waals surface area (Å²) in [7, 11) is 0. The lowest BCUT2D eigenvalue weighted by Gasteiger charge is -2.18. The zero-order valence-corrected chi connectivity index (χ0v) is 40.2. The minimum atomic E-state index is -0.771. The van der Waals surface area contributed by atoms with Gasteiger partial charge in [0.15, 0.2) is 6.10 Å². The summed E-state index contributed by atoms with van der Waals surface area (Å²) in [6.45, 7) is 6.63. The first-order valence-corrected chi connectivity index (χ1v) is 26.3. The van der Waals surface area contributed by atoms with Gasteiger partial charge in [0.2, 0.25) is 0 Å². The molecule has 0 radical (unpaired) electrons. The summed E-state index contributed by atoms with van der Waals surface area (Å²) >= 11 is 0. The Morgan fingerprint density at radius 2 is 0.550 bits per heavy atom. The fourth-order valence-electron chi connectivity index (χ4n) is 7.67. The summed E-state index contributed by atoms with van der Waals surface area (Å²) in [5, 5.41) is 0. The summed E-state index contributed by atoms with van der Waals surface area (Å²) in [6, 6.07) is 0. The number of hydrogen-bond acceptors (Lipinski definition) is 6. The van der Waals surface area contributed by atoms with Crippen LogP contribution < -0.4 is 0 Å². The number of allylic oxidation sites excluding steroid dienone is 4. The van der Waals surface area contributed by atoms with Crippen LogP contribution in [0.15, 0.2) is 24.3 Å². The molecular formula is C54H100O6. The van der Waals surface area contributed by atoms with Crippen molar-refractivity contribution in [3.05, 3.63) is 24.3 Å². The normalized spacial score (nSPS) is 12.1. The lowest BCUT2D eigenvalue weighted by Crippen LogP contribution is -2.30. The third-order valence-corrected chi connectivity index (χ3v) is 11.7. The number of carbonyl (C=O) groups excluding carboxylic acids is 3. The second kappa shape index (κ2) is 49.5. The average molecular weight is 845 g/mol. The summed E-state index contributed by atoms with van der Waals surface area (Å²) < 4.78 is 16.8. The van der Waals surface area contributed by atoms with E-state index in [0.29, 0.717) is 19.3 Å². The van der Waals surface area contributed by atoms with E-state index in [1.807, 2.05) is 0 Å². The molecule has 0 aromatic carbocycles. The number of esters is 3. The molecule has 0 aromatic rings. The van der Waals surface area contributed by atoms with Crippen molar-refractivity contribution in [2.45, 2.75) is 290 Å². The Hall–Kier alpha value is -2.11. The molecule has 0 aliphatic heterocycles. The predicted octanol–water partition coefficient (Wildman–Crippen LogP) is 17.2. The van der Waals surface area contributed by atoms with Crippen LogP contribution in [0.1, 0.15) is 284 Å². The smallest absolute Gasteiger partial charge is 0.306 e. The van der Waals surface area contributed by atoms with Crippen molar-refractivity contribution in [2.24, 2.45) is 0 Å². The van der Waals surface area contributed by atoms with Gasteiger partial charge >= 0.3 is 17.9 Å². The van der Waals surface area contributed by atoms with E-state index in [-0.39, 0.29) is 31.1 Å². The van der Waals surface area contributed by atoms with Gasteiger partial charge in [-0.3, -0.25) is 14.4 Å². The number of carbonyl (C=O) groups is 3. The maximum Gasteiger partial charge on any atom is 0.306 e. The van der Waals surface area contributed by atoms with Gasteiger partial charge in [0, 0.05) is 19.3 Å². The van der Waals surface area contributed by atoms with Crippen LogP contribution in [0.2, 0.25) is 0 Å². The first kappa shape index (κ1) is 57.9. The summed E-state index contributed by atoms with van der Waals surface area (Å²) in [5.74, 6) is -0.873. The van der Waals surface area contributed by atoms with E-state index in [1.165, 1.54) is 180 Å². The highest BCUT2D eigenvalue weighted by Crippen LogP contribution is 2.15. The van der Waals surface area contributed by atoms with Crippen LogP contribution in [0.25, 0.3) is 0 Å². The Morgan fingerprint density at radius 3 is 0.850 bits per heavy atom. The van der Waals surface area contributed by atoms with Gasteiger partial charge in [-0.05, 0) is 70.6 Å². The van der Waals surface area contributed by atoms with Gasteiger partial charge in [-0.1, -0.05) is 218 Å². The molecule has 0 rings (SSSR count). The Kier molecular flexibility index (Phi) is 47.8.